The van der Waals surface area contributed by atoms with Gasteiger partial charge in [-0.15, -0.1) is 13.2 Å². The van der Waals surface area contributed by atoms with Gasteiger partial charge in [0.1, 0.15) is 11.6 Å². The molecule has 0 aliphatic carbocycles. The molecule has 9 heteroatoms. The van der Waals surface area contributed by atoms with E-state index in [-0.39, 0.29) is 5.75 Å². The van der Waals surface area contributed by atoms with Crippen LogP contribution in [0.5, 0.6) is 5.75 Å². The number of alkyl halides is 3. The quantitative estimate of drug-likeness (QED) is 0.515. The molecule has 0 spiro atoms. The molecule has 0 aliphatic heterocycles. The maximum Gasteiger partial charge on any atom is 0.573 e. The van der Waals surface area contributed by atoms with Gasteiger partial charge in [-0.05, 0) is 31.8 Å². The van der Waals surface area contributed by atoms with Crippen molar-refractivity contribution >= 4 is 11.8 Å². The van der Waals surface area contributed by atoms with Crippen LogP contribution in [0.25, 0.3) is 11.3 Å². The van der Waals surface area contributed by atoms with Crippen LogP contribution >= 0.6 is 0 Å². The lowest BCUT2D eigenvalue weighted by atomic mass is 10.1. The van der Waals surface area contributed by atoms with E-state index in [1.165, 1.54) is 18.2 Å². The Bertz CT molecular complexity index is 980. The van der Waals surface area contributed by atoms with E-state index in [1.54, 1.807) is 12.1 Å². The first-order valence-corrected chi connectivity index (χ1v) is 9.70. The summed E-state index contributed by atoms with van der Waals surface area (Å²) in [5.74, 6) is 0.643. The van der Waals surface area contributed by atoms with Crippen LogP contribution in [0.4, 0.5) is 24.9 Å². The number of halogens is 3. The molecule has 0 aliphatic rings. The lowest BCUT2D eigenvalue weighted by Gasteiger charge is -2.14. The number of ether oxygens (including phenoxy) is 1. The maximum atomic E-state index is 12.6. The van der Waals surface area contributed by atoms with Crippen molar-refractivity contribution in [1.82, 2.24) is 14.9 Å². The molecule has 2 aromatic carbocycles. The summed E-state index contributed by atoms with van der Waals surface area (Å²) < 4.78 is 41.8. The highest BCUT2D eigenvalue weighted by Crippen LogP contribution is 2.28. The zero-order valence-corrected chi connectivity index (χ0v) is 17.3. The summed E-state index contributed by atoms with van der Waals surface area (Å²) in [4.78, 5) is 11.0. The zero-order chi connectivity index (χ0) is 22.3. The molecule has 164 valence electrons. The van der Waals surface area contributed by atoms with Crippen molar-refractivity contribution in [3.63, 3.8) is 0 Å². The smallest absolute Gasteiger partial charge is 0.406 e. The number of nitrogens with one attached hydrogen (secondary N) is 2. The Kier molecular flexibility index (Phi) is 7.30. The molecule has 1 heterocycles. The van der Waals surface area contributed by atoms with E-state index in [0.717, 1.165) is 12.1 Å². The Morgan fingerprint density at radius 1 is 0.935 bits per heavy atom. The predicted octanol–water partition coefficient (Wildman–Crippen LogP) is 4.63. The number of rotatable bonds is 9. The van der Waals surface area contributed by atoms with E-state index < -0.39 is 6.36 Å². The summed E-state index contributed by atoms with van der Waals surface area (Å²) in [6, 6.07) is 17.2. The Labute approximate surface area is 179 Å². The number of nitrogens with zero attached hydrogens (tertiary/aromatic N) is 3. The van der Waals surface area contributed by atoms with Gasteiger partial charge in [-0.25, -0.2) is 4.98 Å². The Morgan fingerprint density at radius 2 is 1.71 bits per heavy atom. The fourth-order valence-corrected chi connectivity index (χ4v) is 2.80. The van der Waals surface area contributed by atoms with E-state index in [9.17, 15) is 13.2 Å². The normalized spacial score (nSPS) is 11.4. The molecule has 6 nitrogen and oxygen atoms in total. The summed E-state index contributed by atoms with van der Waals surface area (Å²) in [6.07, 6.45) is -4.76. The minimum Gasteiger partial charge on any atom is -0.406 e. The van der Waals surface area contributed by atoms with Gasteiger partial charge in [-0.3, -0.25) is 0 Å². The van der Waals surface area contributed by atoms with Gasteiger partial charge in [0.2, 0.25) is 5.95 Å². The minimum absolute atomic E-state index is 0.301. The summed E-state index contributed by atoms with van der Waals surface area (Å²) in [5.41, 5.74) is 2.04. The molecule has 0 radical (unpaired) electrons. The molecule has 31 heavy (non-hydrogen) atoms. The van der Waals surface area contributed by atoms with Crippen molar-refractivity contribution in [2.24, 2.45) is 0 Å². The maximum absolute atomic E-state index is 12.6. The molecular weight excluding hydrogens is 407 g/mol. The van der Waals surface area contributed by atoms with Crippen LogP contribution < -0.4 is 15.4 Å². The lowest BCUT2D eigenvalue weighted by molar-refractivity contribution is -0.274. The first-order chi connectivity index (χ1) is 14.8. The predicted molar refractivity (Wildman–Crippen MR) is 115 cm³/mol. The highest BCUT2D eigenvalue weighted by atomic mass is 19.4. The van der Waals surface area contributed by atoms with Gasteiger partial charge in [-0.1, -0.05) is 42.5 Å². The van der Waals surface area contributed by atoms with E-state index in [4.69, 9.17) is 0 Å². The Morgan fingerprint density at radius 3 is 2.42 bits per heavy atom. The van der Waals surface area contributed by atoms with Crippen LogP contribution in [-0.2, 0) is 6.54 Å². The van der Waals surface area contributed by atoms with E-state index in [2.05, 4.69) is 25.3 Å². The third-order valence-electron chi connectivity index (χ3n) is 4.25. The zero-order valence-electron chi connectivity index (χ0n) is 17.3. The topological polar surface area (TPSA) is 62.3 Å². The van der Waals surface area contributed by atoms with E-state index >= 15 is 0 Å². The van der Waals surface area contributed by atoms with Gasteiger partial charge in [0.25, 0.3) is 0 Å². The van der Waals surface area contributed by atoms with Gasteiger partial charge >= 0.3 is 6.36 Å². The summed E-state index contributed by atoms with van der Waals surface area (Å²) in [6.45, 7) is 1.94. The van der Waals surface area contributed by atoms with Crippen molar-refractivity contribution in [3.8, 4) is 17.0 Å². The lowest BCUT2D eigenvalue weighted by Crippen LogP contribution is -2.21. The average molecular weight is 431 g/mol. The number of hydrogen-bond acceptors (Lipinski definition) is 6. The first-order valence-electron chi connectivity index (χ1n) is 9.70. The molecule has 0 amide bonds. The summed E-state index contributed by atoms with van der Waals surface area (Å²) >= 11 is 0. The van der Waals surface area contributed by atoms with Crippen molar-refractivity contribution < 1.29 is 17.9 Å². The molecule has 3 rings (SSSR count). The van der Waals surface area contributed by atoms with Gasteiger partial charge in [0, 0.05) is 31.3 Å². The standard InChI is InChI=1S/C22H24F3N5O/c1-30(2)12-11-26-21-28-19(17-9-6-10-18(13-17)31-22(23,24)25)14-20(29-21)27-15-16-7-4-3-5-8-16/h3-10,13-14H,11-12,15H2,1-2H3,(H2,26,27,28,29). The van der Waals surface area contributed by atoms with Crippen molar-refractivity contribution in [3.05, 3.63) is 66.2 Å². The second-order valence-corrected chi connectivity index (χ2v) is 7.11. The van der Waals surface area contributed by atoms with Gasteiger partial charge in [0.15, 0.2) is 0 Å². The fourth-order valence-electron chi connectivity index (χ4n) is 2.80. The second-order valence-electron chi connectivity index (χ2n) is 7.11. The van der Waals surface area contributed by atoms with Crippen LogP contribution in [0.15, 0.2) is 60.7 Å². The average Bonchev–Trinajstić information content (AvgIpc) is 2.72. The molecule has 0 fully saturated rings. The van der Waals surface area contributed by atoms with Gasteiger partial charge < -0.3 is 20.3 Å². The third kappa shape index (κ3) is 7.45. The summed E-state index contributed by atoms with van der Waals surface area (Å²) in [5, 5.41) is 6.41. The third-order valence-corrected chi connectivity index (χ3v) is 4.25. The number of aromatic nitrogens is 2. The molecule has 0 saturated heterocycles. The monoisotopic (exact) mass is 431 g/mol. The van der Waals surface area contributed by atoms with Crippen LogP contribution in [0.2, 0.25) is 0 Å². The van der Waals surface area contributed by atoms with Gasteiger partial charge in [-0.2, -0.15) is 4.98 Å². The van der Waals surface area contributed by atoms with Crippen LogP contribution in [-0.4, -0.2) is 48.4 Å². The molecule has 3 aromatic rings. The minimum atomic E-state index is -4.76. The Balaban J connectivity index is 1.86. The SMILES string of the molecule is CN(C)CCNc1nc(NCc2ccccc2)cc(-c2cccc(OC(F)(F)F)c2)n1. The van der Waals surface area contributed by atoms with Crippen molar-refractivity contribution in [2.45, 2.75) is 12.9 Å². The fraction of sp³-hybridized carbons (Fsp3) is 0.273. The van der Waals surface area contributed by atoms with Crippen molar-refractivity contribution in [1.29, 1.82) is 0 Å². The first kappa shape index (κ1) is 22.4. The van der Waals surface area contributed by atoms with Crippen LogP contribution in [0, 0.1) is 0 Å². The molecule has 0 bridgehead atoms. The molecule has 2 N–H and O–H groups in total. The van der Waals surface area contributed by atoms with Crippen molar-refractivity contribution in [2.75, 3.05) is 37.8 Å². The summed E-state index contributed by atoms with van der Waals surface area (Å²) in [7, 11) is 3.91. The van der Waals surface area contributed by atoms with Gasteiger partial charge in [0.05, 0.1) is 5.69 Å². The molecule has 0 atom stereocenters. The van der Waals surface area contributed by atoms with Crippen LogP contribution in [0.1, 0.15) is 5.56 Å². The second kappa shape index (κ2) is 10.1. The largest absolute Gasteiger partial charge is 0.573 e. The number of likely N-dealkylation sites (N-methyl/N-ethyl adjacent to an activating group) is 1. The molecular formula is C22H24F3N5O. The number of benzene rings is 2. The van der Waals surface area contributed by atoms with Crippen LogP contribution in [0.3, 0.4) is 0 Å². The number of anilines is 2. The van der Waals surface area contributed by atoms with E-state index in [0.29, 0.717) is 36.1 Å². The molecule has 0 saturated carbocycles. The number of hydrogen-bond donors (Lipinski definition) is 2. The Hall–Kier alpha value is -3.33. The highest BCUT2D eigenvalue weighted by molar-refractivity contribution is 5.66. The highest BCUT2D eigenvalue weighted by Gasteiger charge is 2.31. The van der Waals surface area contributed by atoms with E-state index in [1.807, 2.05) is 49.3 Å². The molecule has 0 unspecified atom stereocenters. The molecule has 1 aromatic heterocycles.